The third kappa shape index (κ3) is 3.70. The third-order valence-corrected chi connectivity index (χ3v) is 5.12. The van der Waals surface area contributed by atoms with Crippen LogP contribution in [0.15, 0.2) is 12.1 Å². The van der Waals surface area contributed by atoms with Gasteiger partial charge in [0, 0.05) is 11.4 Å². The summed E-state index contributed by atoms with van der Waals surface area (Å²) in [7, 11) is 0. The molecule has 1 aliphatic rings. The summed E-state index contributed by atoms with van der Waals surface area (Å²) >= 11 is 7.55. The minimum Gasteiger partial charge on any atom is -0.368 e. The van der Waals surface area contributed by atoms with E-state index in [0.29, 0.717) is 12.6 Å². The SMILES string of the molecule is CCC1CCCC(OC(CN)c2ccc(Cl)s2)C1. The fourth-order valence-corrected chi connectivity index (χ4v) is 3.82. The van der Waals surface area contributed by atoms with Gasteiger partial charge in [0.2, 0.25) is 0 Å². The molecule has 2 rings (SSSR count). The molecule has 4 heteroatoms. The molecule has 0 amide bonds. The summed E-state index contributed by atoms with van der Waals surface area (Å²) in [5, 5.41) is 0. The van der Waals surface area contributed by atoms with Gasteiger partial charge in [-0.25, -0.2) is 0 Å². The average molecular weight is 288 g/mol. The van der Waals surface area contributed by atoms with Crippen molar-refractivity contribution in [1.82, 2.24) is 0 Å². The van der Waals surface area contributed by atoms with Crippen LogP contribution >= 0.6 is 22.9 Å². The number of thiophene rings is 1. The molecule has 0 radical (unpaired) electrons. The molecule has 1 aromatic rings. The molecule has 1 aliphatic carbocycles. The Bertz CT molecular complexity index is 368. The molecule has 3 unspecified atom stereocenters. The van der Waals surface area contributed by atoms with Crippen molar-refractivity contribution in [2.75, 3.05) is 6.54 Å². The van der Waals surface area contributed by atoms with E-state index in [1.54, 1.807) is 11.3 Å². The van der Waals surface area contributed by atoms with Gasteiger partial charge in [0.1, 0.15) is 6.10 Å². The van der Waals surface area contributed by atoms with Crippen LogP contribution in [0.4, 0.5) is 0 Å². The summed E-state index contributed by atoms with van der Waals surface area (Å²) in [4.78, 5) is 1.15. The average Bonchev–Trinajstić information content (AvgIpc) is 2.82. The van der Waals surface area contributed by atoms with E-state index in [9.17, 15) is 0 Å². The van der Waals surface area contributed by atoms with Gasteiger partial charge in [0.25, 0.3) is 0 Å². The van der Waals surface area contributed by atoms with Crippen LogP contribution in [0.5, 0.6) is 0 Å². The van der Waals surface area contributed by atoms with Gasteiger partial charge in [0.05, 0.1) is 10.4 Å². The van der Waals surface area contributed by atoms with Crippen molar-refractivity contribution in [2.45, 2.75) is 51.2 Å². The van der Waals surface area contributed by atoms with Gasteiger partial charge in [-0.1, -0.05) is 37.8 Å². The van der Waals surface area contributed by atoms with Crippen molar-refractivity contribution in [3.05, 3.63) is 21.3 Å². The number of hydrogen-bond donors (Lipinski definition) is 1. The van der Waals surface area contributed by atoms with E-state index in [1.807, 2.05) is 12.1 Å². The lowest BCUT2D eigenvalue weighted by atomic mass is 9.85. The first-order valence-corrected chi connectivity index (χ1v) is 8.03. The molecule has 0 aliphatic heterocycles. The molecular weight excluding hydrogens is 266 g/mol. The third-order valence-electron chi connectivity index (χ3n) is 3.79. The molecule has 1 heterocycles. The van der Waals surface area contributed by atoms with Gasteiger partial charge >= 0.3 is 0 Å². The first kappa shape index (κ1) is 14.3. The van der Waals surface area contributed by atoms with E-state index in [4.69, 9.17) is 22.1 Å². The van der Waals surface area contributed by atoms with Crippen molar-refractivity contribution in [3.63, 3.8) is 0 Å². The summed E-state index contributed by atoms with van der Waals surface area (Å²) in [6, 6.07) is 3.95. The van der Waals surface area contributed by atoms with Crippen LogP contribution in [0.2, 0.25) is 4.34 Å². The first-order chi connectivity index (χ1) is 8.72. The smallest absolute Gasteiger partial charge is 0.104 e. The van der Waals surface area contributed by atoms with Crippen LogP contribution in [0.3, 0.4) is 0 Å². The summed E-state index contributed by atoms with van der Waals surface area (Å²) in [5.41, 5.74) is 5.84. The van der Waals surface area contributed by atoms with Crippen LogP contribution in [0.1, 0.15) is 50.0 Å². The van der Waals surface area contributed by atoms with Gasteiger partial charge in [-0.05, 0) is 30.9 Å². The Kier molecular flexibility index (Phi) is 5.49. The van der Waals surface area contributed by atoms with E-state index in [2.05, 4.69) is 6.92 Å². The van der Waals surface area contributed by atoms with Crippen molar-refractivity contribution < 1.29 is 4.74 Å². The summed E-state index contributed by atoms with van der Waals surface area (Å²) in [6.07, 6.45) is 6.65. The number of ether oxygens (including phenoxy) is 1. The summed E-state index contributed by atoms with van der Waals surface area (Å²) in [6.45, 7) is 2.80. The topological polar surface area (TPSA) is 35.2 Å². The maximum absolute atomic E-state index is 6.20. The highest BCUT2D eigenvalue weighted by Gasteiger charge is 2.24. The monoisotopic (exact) mass is 287 g/mol. The molecule has 0 saturated heterocycles. The molecule has 0 spiro atoms. The Hall–Kier alpha value is -0.0900. The Morgan fingerprint density at radius 2 is 2.33 bits per heavy atom. The van der Waals surface area contributed by atoms with E-state index < -0.39 is 0 Å². The highest BCUT2D eigenvalue weighted by molar-refractivity contribution is 7.16. The number of rotatable bonds is 5. The van der Waals surface area contributed by atoms with Crippen molar-refractivity contribution in [1.29, 1.82) is 0 Å². The maximum Gasteiger partial charge on any atom is 0.104 e. The Morgan fingerprint density at radius 1 is 1.50 bits per heavy atom. The molecule has 1 fully saturated rings. The van der Waals surface area contributed by atoms with E-state index in [0.717, 1.165) is 15.1 Å². The lowest BCUT2D eigenvalue weighted by molar-refractivity contribution is -0.0366. The standard InChI is InChI=1S/C14H22ClNOS/c1-2-10-4-3-5-11(8-10)17-12(9-16)13-6-7-14(15)18-13/h6-7,10-12H,2-5,8-9,16H2,1H3. The van der Waals surface area contributed by atoms with Crippen LogP contribution in [0.25, 0.3) is 0 Å². The normalized spacial score (nSPS) is 26.2. The van der Waals surface area contributed by atoms with Crippen LogP contribution in [0, 0.1) is 5.92 Å². The van der Waals surface area contributed by atoms with E-state index >= 15 is 0 Å². The van der Waals surface area contributed by atoms with Crippen LogP contribution < -0.4 is 5.73 Å². The molecule has 3 atom stereocenters. The first-order valence-electron chi connectivity index (χ1n) is 6.83. The Morgan fingerprint density at radius 3 is 2.94 bits per heavy atom. The second kappa shape index (κ2) is 6.90. The molecule has 102 valence electrons. The number of hydrogen-bond acceptors (Lipinski definition) is 3. The zero-order valence-electron chi connectivity index (χ0n) is 10.9. The minimum absolute atomic E-state index is 0.0168. The highest BCUT2D eigenvalue weighted by atomic mass is 35.5. The second-order valence-corrected chi connectivity index (χ2v) is 6.81. The van der Waals surface area contributed by atoms with Gasteiger partial charge < -0.3 is 10.5 Å². The van der Waals surface area contributed by atoms with Crippen LogP contribution in [-0.4, -0.2) is 12.6 Å². The largest absolute Gasteiger partial charge is 0.368 e. The van der Waals surface area contributed by atoms with Crippen molar-refractivity contribution >= 4 is 22.9 Å². The lowest BCUT2D eigenvalue weighted by Gasteiger charge is -2.31. The lowest BCUT2D eigenvalue weighted by Crippen LogP contribution is -2.27. The fraction of sp³-hybridized carbons (Fsp3) is 0.714. The second-order valence-electron chi connectivity index (χ2n) is 5.07. The van der Waals surface area contributed by atoms with E-state index in [1.165, 1.54) is 32.1 Å². The van der Waals surface area contributed by atoms with Gasteiger partial charge in [-0.2, -0.15) is 0 Å². The molecule has 1 saturated carbocycles. The van der Waals surface area contributed by atoms with E-state index in [-0.39, 0.29) is 6.10 Å². The molecule has 2 nitrogen and oxygen atoms in total. The molecule has 2 N–H and O–H groups in total. The molecule has 1 aromatic heterocycles. The maximum atomic E-state index is 6.20. The fourth-order valence-electron chi connectivity index (χ4n) is 2.71. The number of nitrogens with two attached hydrogens (primary N) is 1. The predicted molar refractivity (Wildman–Crippen MR) is 78.2 cm³/mol. The zero-order chi connectivity index (χ0) is 13.0. The summed E-state index contributed by atoms with van der Waals surface area (Å²) in [5.74, 6) is 0.828. The zero-order valence-corrected chi connectivity index (χ0v) is 12.5. The predicted octanol–water partition coefficient (Wildman–Crippen LogP) is 4.39. The molecule has 18 heavy (non-hydrogen) atoms. The Labute approximate surface area is 118 Å². The van der Waals surface area contributed by atoms with Gasteiger partial charge in [0.15, 0.2) is 0 Å². The minimum atomic E-state index is 0.0168. The summed E-state index contributed by atoms with van der Waals surface area (Å²) < 4.78 is 7.01. The highest BCUT2D eigenvalue weighted by Crippen LogP contribution is 2.34. The number of halogens is 1. The van der Waals surface area contributed by atoms with Gasteiger partial charge in [-0.15, -0.1) is 11.3 Å². The Balaban J connectivity index is 1.93. The van der Waals surface area contributed by atoms with Crippen molar-refractivity contribution in [3.8, 4) is 0 Å². The molecule has 0 aromatic carbocycles. The van der Waals surface area contributed by atoms with Gasteiger partial charge in [-0.3, -0.25) is 0 Å². The van der Waals surface area contributed by atoms with Crippen LogP contribution in [-0.2, 0) is 4.74 Å². The molecule has 0 bridgehead atoms. The van der Waals surface area contributed by atoms with Crippen molar-refractivity contribution in [2.24, 2.45) is 11.7 Å². The molecular formula is C14H22ClNOS. The quantitative estimate of drug-likeness (QED) is 0.872.